The lowest BCUT2D eigenvalue weighted by atomic mass is 10.1. The minimum absolute atomic E-state index is 0.0727. The zero-order chi connectivity index (χ0) is 12.4. The van der Waals surface area contributed by atoms with Crippen LogP contribution in [0.1, 0.15) is 21.1 Å². The van der Waals surface area contributed by atoms with E-state index < -0.39 is 0 Å². The molecule has 88 valence electrons. The fourth-order valence-corrected chi connectivity index (χ4v) is 2.90. The first-order valence-corrected chi connectivity index (χ1v) is 7.42. The van der Waals surface area contributed by atoms with E-state index >= 15 is 0 Å². The highest BCUT2D eigenvalue weighted by Gasteiger charge is 2.12. The Hall–Kier alpha value is -0.520. The van der Waals surface area contributed by atoms with Crippen LogP contribution in [0.15, 0.2) is 32.5 Å². The molecular weight excluding hydrogens is 366 g/mol. The van der Waals surface area contributed by atoms with Crippen molar-refractivity contribution in [1.29, 1.82) is 0 Å². The molecule has 0 aliphatic rings. The van der Waals surface area contributed by atoms with E-state index in [1.807, 2.05) is 30.5 Å². The van der Waals surface area contributed by atoms with Crippen LogP contribution < -0.4 is 0 Å². The average molecular weight is 375 g/mol. The standard InChI is InChI=1S/C12H9Br2NOS/c1-7-15-9(6-17-7)5-12(16)10-4-8(13)2-3-11(10)14/h2-4,6H,5H2,1H3. The molecule has 2 rings (SSSR count). The topological polar surface area (TPSA) is 30.0 Å². The third kappa shape index (κ3) is 3.24. The Morgan fingerprint density at radius 3 is 2.82 bits per heavy atom. The summed E-state index contributed by atoms with van der Waals surface area (Å²) < 4.78 is 1.72. The van der Waals surface area contributed by atoms with Gasteiger partial charge in [0.15, 0.2) is 5.78 Å². The second-order valence-corrected chi connectivity index (χ2v) is 6.41. The number of hydrogen-bond donors (Lipinski definition) is 0. The first-order chi connectivity index (χ1) is 8.06. The van der Waals surface area contributed by atoms with Gasteiger partial charge in [0.2, 0.25) is 0 Å². The second-order valence-electron chi connectivity index (χ2n) is 3.58. The Labute approximate surface area is 120 Å². The van der Waals surface area contributed by atoms with E-state index in [1.165, 1.54) is 0 Å². The number of halogens is 2. The number of Topliss-reactive ketones (excluding diaryl/α,β-unsaturated/α-hetero) is 1. The normalized spacial score (nSPS) is 10.5. The summed E-state index contributed by atoms with van der Waals surface area (Å²) >= 11 is 8.32. The van der Waals surface area contributed by atoms with Crippen molar-refractivity contribution < 1.29 is 4.79 Å². The maximum Gasteiger partial charge on any atom is 0.170 e. The number of carbonyl (C=O) groups excluding carboxylic acids is 1. The fraction of sp³-hybridized carbons (Fsp3) is 0.167. The Balaban J connectivity index is 2.22. The Morgan fingerprint density at radius 1 is 1.41 bits per heavy atom. The molecule has 0 spiro atoms. The van der Waals surface area contributed by atoms with Crippen molar-refractivity contribution in [2.75, 3.05) is 0 Å². The quantitative estimate of drug-likeness (QED) is 0.745. The zero-order valence-corrected chi connectivity index (χ0v) is 13.0. The number of carbonyl (C=O) groups is 1. The zero-order valence-electron chi connectivity index (χ0n) is 9.04. The van der Waals surface area contributed by atoms with E-state index in [2.05, 4.69) is 36.8 Å². The third-order valence-corrected chi connectivity index (χ3v) is 4.24. The van der Waals surface area contributed by atoms with Crippen LogP contribution in [0.2, 0.25) is 0 Å². The molecule has 0 aliphatic heterocycles. The molecule has 2 nitrogen and oxygen atoms in total. The highest BCUT2D eigenvalue weighted by atomic mass is 79.9. The number of hydrogen-bond acceptors (Lipinski definition) is 3. The number of aromatic nitrogens is 1. The lowest BCUT2D eigenvalue weighted by molar-refractivity contribution is 0.0991. The molecule has 0 saturated carbocycles. The van der Waals surface area contributed by atoms with Crippen molar-refractivity contribution in [1.82, 2.24) is 4.98 Å². The molecule has 0 aliphatic carbocycles. The largest absolute Gasteiger partial charge is 0.294 e. The first kappa shape index (κ1) is 12.9. The number of nitrogens with zero attached hydrogens (tertiary/aromatic N) is 1. The molecule has 0 bridgehead atoms. The summed E-state index contributed by atoms with van der Waals surface area (Å²) in [6.45, 7) is 1.94. The molecule has 0 N–H and O–H groups in total. The molecule has 0 radical (unpaired) electrons. The predicted octanol–water partition coefficient (Wildman–Crippen LogP) is 4.40. The number of rotatable bonds is 3. The van der Waals surface area contributed by atoms with Crippen LogP contribution in [0.3, 0.4) is 0 Å². The van der Waals surface area contributed by atoms with Gasteiger partial charge < -0.3 is 0 Å². The number of ketones is 1. The lowest BCUT2D eigenvalue weighted by Gasteiger charge is -2.03. The molecule has 0 atom stereocenters. The smallest absolute Gasteiger partial charge is 0.170 e. The Kier molecular flexibility index (Phi) is 4.12. The summed E-state index contributed by atoms with van der Waals surface area (Å²) in [6.07, 6.45) is 0.347. The molecule has 0 saturated heterocycles. The van der Waals surface area contributed by atoms with Crippen molar-refractivity contribution in [3.63, 3.8) is 0 Å². The van der Waals surface area contributed by atoms with Gasteiger partial charge in [0.1, 0.15) is 0 Å². The minimum atomic E-state index is 0.0727. The van der Waals surface area contributed by atoms with Gasteiger partial charge in [-0.1, -0.05) is 31.9 Å². The van der Waals surface area contributed by atoms with Crippen LogP contribution in [0.5, 0.6) is 0 Å². The van der Waals surface area contributed by atoms with Gasteiger partial charge in [0, 0.05) is 19.9 Å². The van der Waals surface area contributed by atoms with Gasteiger partial charge in [-0.05, 0) is 25.1 Å². The van der Waals surface area contributed by atoms with Gasteiger partial charge in [-0.15, -0.1) is 11.3 Å². The summed E-state index contributed by atoms with van der Waals surface area (Å²) in [4.78, 5) is 16.4. The maximum absolute atomic E-state index is 12.1. The van der Waals surface area contributed by atoms with E-state index in [4.69, 9.17) is 0 Å². The van der Waals surface area contributed by atoms with E-state index in [1.54, 1.807) is 11.3 Å². The molecule has 1 aromatic heterocycles. The van der Waals surface area contributed by atoms with E-state index in [-0.39, 0.29) is 5.78 Å². The van der Waals surface area contributed by atoms with Crippen molar-refractivity contribution in [2.24, 2.45) is 0 Å². The highest BCUT2D eigenvalue weighted by Crippen LogP contribution is 2.23. The molecule has 2 aromatic rings. The van der Waals surface area contributed by atoms with Crippen LogP contribution in [0, 0.1) is 6.92 Å². The van der Waals surface area contributed by atoms with Gasteiger partial charge >= 0.3 is 0 Å². The number of aryl methyl sites for hydroxylation is 1. The van der Waals surface area contributed by atoms with Crippen LogP contribution in [0.4, 0.5) is 0 Å². The number of thiazole rings is 1. The van der Waals surface area contributed by atoms with E-state index in [0.29, 0.717) is 12.0 Å². The van der Waals surface area contributed by atoms with Gasteiger partial charge in [-0.25, -0.2) is 4.98 Å². The summed E-state index contributed by atoms with van der Waals surface area (Å²) in [5.74, 6) is 0.0727. The minimum Gasteiger partial charge on any atom is -0.294 e. The van der Waals surface area contributed by atoms with E-state index in [9.17, 15) is 4.79 Å². The molecule has 5 heteroatoms. The van der Waals surface area contributed by atoms with Gasteiger partial charge in [0.05, 0.1) is 17.1 Å². The monoisotopic (exact) mass is 373 g/mol. The molecule has 0 fully saturated rings. The van der Waals surface area contributed by atoms with Gasteiger partial charge in [-0.3, -0.25) is 4.79 Å². The molecule has 1 heterocycles. The maximum atomic E-state index is 12.1. The summed E-state index contributed by atoms with van der Waals surface area (Å²) in [6, 6.07) is 5.59. The van der Waals surface area contributed by atoms with E-state index in [0.717, 1.165) is 19.6 Å². The average Bonchev–Trinajstić information content (AvgIpc) is 2.67. The van der Waals surface area contributed by atoms with Crippen molar-refractivity contribution in [3.05, 3.63) is 48.8 Å². The number of benzene rings is 1. The van der Waals surface area contributed by atoms with Gasteiger partial charge in [-0.2, -0.15) is 0 Å². The van der Waals surface area contributed by atoms with Crippen LogP contribution in [0.25, 0.3) is 0 Å². The van der Waals surface area contributed by atoms with Crippen LogP contribution in [-0.2, 0) is 6.42 Å². The molecule has 0 unspecified atom stereocenters. The van der Waals surface area contributed by atoms with Crippen LogP contribution >= 0.6 is 43.2 Å². The molecular formula is C12H9Br2NOS. The van der Waals surface area contributed by atoms with Crippen LogP contribution in [-0.4, -0.2) is 10.8 Å². The predicted molar refractivity (Wildman–Crippen MR) is 76.7 cm³/mol. The summed E-state index contributed by atoms with van der Waals surface area (Å²) in [5.41, 5.74) is 1.52. The fourth-order valence-electron chi connectivity index (χ4n) is 1.46. The lowest BCUT2D eigenvalue weighted by Crippen LogP contribution is -2.04. The third-order valence-electron chi connectivity index (χ3n) is 2.24. The summed E-state index contributed by atoms with van der Waals surface area (Å²) in [5, 5.41) is 2.92. The SMILES string of the molecule is Cc1nc(CC(=O)c2cc(Br)ccc2Br)cs1. The Bertz CT molecular complexity index is 565. The summed E-state index contributed by atoms with van der Waals surface area (Å²) in [7, 11) is 0. The highest BCUT2D eigenvalue weighted by molar-refractivity contribution is 9.11. The Morgan fingerprint density at radius 2 is 2.18 bits per heavy atom. The molecule has 1 aromatic carbocycles. The molecule has 0 amide bonds. The van der Waals surface area contributed by atoms with Gasteiger partial charge in [0.25, 0.3) is 0 Å². The first-order valence-electron chi connectivity index (χ1n) is 4.95. The van der Waals surface area contributed by atoms with Crippen molar-refractivity contribution >= 4 is 49.0 Å². The van der Waals surface area contributed by atoms with Crippen molar-refractivity contribution in [3.8, 4) is 0 Å². The van der Waals surface area contributed by atoms with Crippen molar-refractivity contribution in [2.45, 2.75) is 13.3 Å². The second kappa shape index (κ2) is 5.42. The molecule has 17 heavy (non-hydrogen) atoms.